The summed E-state index contributed by atoms with van der Waals surface area (Å²) in [5.74, 6) is 0.374. The number of rotatable bonds is 2. The van der Waals surface area contributed by atoms with Crippen LogP contribution in [0.1, 0.15) is 22.1 Å². The maximum atomic E-state index is 13.4. The fourth-order valence-corrected chi connectivity index (χ4v) is 3.40. The van der Waals surface area contributed by atoms with Gasteiger partial charge in [-0.25, -0.2) is 9.37 Å². The third-order valence-corrected chi connectivity index (χ3v) is 4.73. The molecular weight excluding hydrogens is 321 g/mol. The summed E-state index contributed by atoms with van der Waals surface area (Å²) in [5.41, 5.74) is 7.33. The fourth-order valence-electron chi connectivity index (χ4n) is 3.40. The lowest BCUT2D eigenvalue weighted by Gasteiger charge is -2.16. The van der Waals surface area contributed by atoms with Gasteiger partial charge in [0.2, 0.25) is 0 Å². The Kier molecular flexibility index (Phi) is 3.73. The molecule has 1 aliphatic heterocycles. The highest BCUT2D eigenvalue weighted by Gasteiger charge is 2.36. The van der Waals surface area contributed by atoms with Crippen LogP contribution in [0.4, 0.5) is 4.39 Å². The predicted octanol–water partition coefficient (Wildman–Crippen LogP) is 1.67. The van der Waals surface area contributed by atoms with E-state index in [2.05, 4.69) is 9.97 Å². The zero-order chi connectivity index (χ0) is 17.6. The standard InChI is InChI=1S/C18H18FN5O/c1-23-5-4-21-17(23)14-9-24(10-15(14)20)18(25)12-6-11-7-13(19)2-3-16(11)22-8-12/h2-8,14-15H,9-10,20H2,1H3/t14-,15-/m1/s1. The Morgan fingerprint density at radius 1 is 1.28 bits per heavy atom. The number of carbonyl (C=O) groups is 1. The number of aromatic nitrogens is 3. The summed E-state index contributed by atoms with van der Waals surface area (Å²) < 4.78 is 15.3. The van der Waals surface area contributed by atoms with Gasteiger partial charge in [-0.3, -0.25) is 9.78 Å². The number of halogens is 1. The van der Waals surface area contributed by atoms with Gasteiger partial charge in [-0.2, -0.15) is 0 Å². The molecule has 0 unspecified atom stereocenters. The number of hydrogen-bond acceptors (Lipinski definition) is 4. The number of fused-ring (bicyclic) bond motifs is 1. The van der Waals surface area contributed by atoms with Gasteiger partial charge in [0.25, 0.3) is 5.91 Å². The van der Waals surface area contributed by atoms with Crippen LogP contribution in [0, 0.1) is 5.82 Å². The second-order valence-electron chi connectivity index (χ2n) is 6.44. The van der Waals surface area contributed by atoms with Crippen LogP contribution in [0.15, 0.2) is 42.9 Å². The number of aryl methyl sites for hydroxylation is 1. The topological polar surface area (TPSA) is 77.0 Å². The van der Waals surface area contributed by atoms with Crippen LogP contribution < -0.4 is 5.73 Å². The van der Waals surface area contributed by atoms with Crippen molar-refractivity contribution in [1.82, 2.24) is 19.4 Å². The SMILES string of the molecule is Cn1ccnc1[C@@H]1CN(C(=O)c2cnc3ccc(F)cc3c2)C[C@H]1N. The van der Waals surface area contributed by atoms with Crippen molar-refractivity contribution in [3.63, 3.8) is 0 Å². The molecule has 0 saturated carbocycles. The summed E-state index contributed by atoms with van der Waals surface area (Å²) in [5, 5.41) is 0.606. The summed E-state index contributed by atoms with van der Waals surface area (Å²) >= 11 is 0. The minimum atomic E-state index is -0.350. The van der Waals surface area contributed by atoms with E-state index >= 15 is 0 Å². The molecule has 3 heterocycles. The average molecular weight is 339 g/mol. The first-order valence-electron chi connectivity index (χ1n) is 8.10. The summed E-state index contributed by atoms with van der Waals surface area (Å²) in [6, 6.07) is 5.84. The molecule has 1 fully saturated rings. The molecule has 0 radical (unpaired) electrons. The Bertz CT molecular complexity index is 954. The molecule has 3 aromatic rings. The van der Waals surface area contributed by atoms with E-state index in [4.69, 9.17) is 5.73 Å². The highest BCUT2D eigenvalue weighted by Crippen LogP contribution is 2.26. The predicted molar refractivity (Wildman–Crippen MR) is 91.5 cm³/mol. The maximum Gasteiger partial charge on any atom is 0.255 e. The molecule has 7 heteroatoms. The maximum absolute atomic E-state index is 13.4. The van der Waals surface area contributed by atoms with Gasteiger partial charge in [-0.15, -0.1) is 0 Å². The van der Waals surface area contributed by atoms with Gasteiger partial charge >= 0.3 is 0 Å². The molecule has 0 spiro atoms. The monoisotopic (exact) mass is 339 g/mol. The van der Waals surface area contributed by atoms with Gasteiger partial charge in [0, 0.05) is 50.2 Å². The van der Waals surface area contributed by atoms with Gasteiger partial charge in [0.1, 0.15) is 11.6 Å². The highest BCUT2D eigenvalue weighted by molar-refractivity contribution is 5.97. The van der Waals surface area contributed by atoms with Crippen molar-refractivity contribution in [2.75, 3.05) is 13.1 Å². The van der Waals surface area contributed by atoms with Crippen LogP contribution >= 0.6 is 0 Å². The smallest absolute Gasteiger partial charge is 0.255 e. The van der Waals surface area contributed by atoms with Crippen LogP contribution in [0.5, 0.6) is 0 Å². The Hall–Kier alpha value is -2.80. The van der Waals surface area contributed by atoms with E-state index in [-0.39, 0.29) is 23.7 Å². The molecule has 1 saturated heterocycles. The number of carbonyl (C=O) groups excluding carboxylic acids is 1. The lowest BCUT2D eigenvalue weighted by atomic mass is 10.0. The van der Waals surface area contributed by atoms with Crippen LogP contribution in [-0.4, -0.2) is 44.5 Å². The highest BCUT2D eigenvalue weighted by atomic mass is 19.1. The van der Waals surface area contributed by atoms with Crippen LogP contribution in [0.3, 0.4) is 0 Å². The molecule has 2 aromatic heterocycles. The van der Waals surface area contributed by atoms with E-state index in [9.17, 15) is 9.18 Å². The minimum absolute atomic E-state index is 0.00481. The molecule has 2 atom stereocenters. The van der Waals surface area contributed by atoms with Gasteiger partial charge < -0.3 is 15.2 Å². The Balaban J connectivity index is 1.60. The summed E-state index contributed by atoms with van der Waals surface area (Å²) in [4.78, 5) is 23.2. The van der Waals surface area contributed by atoms with Crippen molar-refractivity contribution in [3.05, 3.63) is 60.1 Å². The third kappa shape index (κ3) is 2.76. The summed E-state index contributed by atoms with van der Waals surface area (Å²) in [6.45, 7) is 0.962. The van der Waals surface area contributed by atoms with Gasteiger partial charge in [0.05, 0.1) is 17.0 Å². The molecule has 0 bridgehead atoms. The van der Waals surface area contributed by atoms with E-state index < -0.39 is 0 Å². The Morgan fingerprint density at radius 3 is 2.88 bits per heavy atom. The van der Waals surface area contributed by atoms with Gasteiger partial charge in [-0.05, 0) is 24.3 Å². The summed E-state index contributed by atoms with van der Waals surface area (Å²) in [7, 11) is 1.92. The molecule has 25 heavy (non-hydrogen) atoms. The quantitative estimate of drug-likeness (QED) is 0.770. The molecule has 6 nitrogen and oxygen atoms in total. The zero-order valence-corrected chi connectivity index (χ0v) is 13.8. The van der Waals surface area contributed by atoms with E-state index in [0.717, 1.165) is 5.82 Å². The van der Waals surface area contributed by atoms with E-state index in [1.54, 1.807) is 23.2 Å². The third-order valence-electron chi connectivity index (χ3n) is 4.73. The first-order chi connectivity index (χ1) is 12.0. The largest absolute Gasteiger partial charge is 0.338 e. The molecular formula is C18H18FN5O. The number of benzene rings is 1. The molecule has 2 N–H and O–H groups in total. The van der Waals surface area contributed by atoms with Crippen LogP contribution in [0.2, 0.25) is 0 Å². The van der Waals surface area contributed by atoms with E-state index in [0.29, 0.717) is 29.6 Å². The van der Waals surface area contributed by atoms with Gasteiger partial charge in [0.15, 0.2) is 0 Å². The van der Waals surface area contributed by atoms with Crippen LogP contribution in [-0.2, 0) is 7.05 Å². The molecule has 1 aromatic carbocycles. The fraction of sp³-hybridized carbons (Fsp3) is 0.278. The minimum Gasteiger partial charge on any atom is -0.338 e. The number of nitrogens with two attached hydrogens (primary N) is 1. The molecule has 1 amide bonds. The summed E-state index contributed by atoms with van der Waals surface area (Å²) in [6.07, 6.45) is 5.13. The van der Waals surface area contributed by atoms with Crippen LogP contribution in [0.25, 0.3) is 10.9 Å². The lowest BCUT2D eigenvalue weighted by molar-refractivity contribution is 0.0788. The lowest BCUT2D eigenvalue weighted by Crippen LogP contribution is -2.32. The molecule has 4 rings (SSSR count). The molecule has 0 aliphatic carbocycles. The number of amides is 1. The number of nitrogens with zero attached hydrogens (tertiary/aromatic N) is 4. The van der Waals surface area contributed by atoms with Crippen molar-refractivity contribution in [3.8, 4) is 0 Å². The first-order valence-corrected chi connectivity index (χ1v) is 8.10. The van der Waals surface area contributed by atoms with Crippen molar-refractivity contribution in [2.45, 2.75) is 12.0 Å². The number of likely N-dealkylation sites (tertiary alicyclic amines) is 1. The normalized spacial score (nSPS) is 20.4. The van der Waals surface area contributed by atoms with Crippen molar-refractivity contribution < 1.29 is 9.18 Å². The average Bonchev–Trinajstić information content (AvgIpc) is 3.18. The Labute approximate surface area is 144 Å². The number of hydrogen-bond donors (Lipinski definition) is 1. The first kappa shape index (κ1) is 15.7. The number of imidazole rings is 1. The van der Waals surface area contributed by atoms with Crippen molar-refractivity contribution in [1.29, 1.82) is 0 Å². The van der Waals surface area contributed by atoms with E-state index in [1.165, 1.54) is 18.3 Å². The van der Waals surface area contributed by atoms with Gasteiger partial charge in [-0.1, -0.05) is 0 Å². The molecule has 128 valence electrons. The van der Waals surface area contributed by atoms with Crippen molar-refractivity contribution >= 4 is 16.8 Å². The second-order valence-corrected chi connectivity index (χ2v) is 6.44. The Morgan fingerprint density at radius 2 is 2.12 bits per heavy atom. The molecule has 1 aliphatic rings. The number of pyridine rings is 1. The van der Waals surface area contributed by atoms with Crippen molar-refractivity contribution in [2.24, 2.45) is 12.8 Å². The second kappa shape index (κ2) is 5.93. The van der Waals surface area contributed by atoms with E-state index in [1.807, 2.05) is 17.8 Å². The zero-order valence-electron chi connectivity index (χ0n) is 13.8.